The van der Waals surface area contributed by atoms with Crippen molar-refractivity contribution in [2.45, 2.75) is 289 Å². The first kappa shape index (κ1) is 53.9. The predicted molar refractivity (Wildman–Crippen MR) is 237 cm³/mol. The van der Waals surface area contributed by atoms with Crippen LogP contribution in [0, 0.1) is 0 Å². The summed E-state index contributed by atoms with van der Waals surface area (Å²) in [7, 11) is 0. The zero-order chi connectivity index (χ0) is 40.1. The van der Waals surface area contributed by atoms with Gasteiger partial charge in [0.15, 0.2) is 0 Å². The van der Waals surface area contributed by atoms with Crippen LogP contribution in [0.1, 0.15) is 277 Å². The van der Waals surface area contributed by atoms with E-state index in [4.69, 9.17) is 4.74 Å². The van der Waals surface area contributed by atoms with Gasteiger partial charge in [-0.2, -0.15) is 0 Å². The lowest BCUT2D eigenvalue weighted by Crippen LogP contribution is -2.45. The molecule has 328 valence electrons. The lowest BCUT2D eigenvalue weighted by molar-refractivity contribution is -0.143. The molecule has 0 saturated heterocycles. The van der Waals surface area contributed by atoms with Gasteiger partial charge in [-0.3, -0.25) is 9.59 Å². The molecule has 0 heterocycles. The number of unbranched alkanes of at least 4 members (excludes halogenated alkanes) is 35. The van der Waals surface area contributed by atoms with E-state index in [1.807, 2.05) is 0 Å². The smallest absolute Gasteiger partial charge is 0.305 e. The Morgan fingerprint density at radius 3 is 1.11 bits per heavy atom. The molecule has 2 atom stereocenters. The number of hydrogen-bond acceptors (Lipinski definition) is 5. The SMILES string of the molecule is CCCCCCCCCCCCCCCC(O)C(CO)NC(=O)CCCCCCCCCCCCCCCCOC(=O)CCCCCCCCCCCCC. The number of carbonyl (C=O) groups excluding carboxylic acids is 2. The van der Waals surface area contributed by atoms with E-state index in [9.17, 15) is 19.8 Å². The topological polar surface area (TPSA) is 95.9 Å². The first-order valence-corrected chi connectivity index (χ1v) is 24.8. The molecule has 0 aliphatic heterocycles. The molecule has 0 saturated carbocycles. The van der Waals surface area contributed by atoms with Crippen molar-refractivity contribution in [2.24, 2.45) is 0 Å². The van der Waals surface area contributed by atoms with Gasteiger partial charge >= 0.3 is 5.97 Å². The van der Waals surface area contributed by atoms with Gasteiger partial charge in [0.1, 0.15) is 0 Å². The molecule has 0 spiro atoms. The van der Waals surface area contributed by atoms with Crippen LogP contribution >= 0.6 is 0 Å². The first-order chi connectivity index (χ1) is 27.0. The third kappa shape index (κ3) is 42.3. The van der Waals surface area contributed by atoms with Gasteiger partial charge in [0.05, 0.1) is 25.4 Å². The number of aliphatic hydroxyl groups excluding tert-OH is 2. The maximum absolute atomic E-state index is 12.4. The summed E-state index contributed by atoms with van der Waals surface area (Å²) < 4.78 is 5.44. The van der Waals surface area contributed by atoms with Gasteiger partial charge in [-0.15, -0.1) is 0 Å². The highest BCUT2D eigenvalue weighted by Gasteiger charge is 2.20. The number of rotatable bonds is 46. The van der Waals surface area contributed by atoms with E-state index in [-0.39, 0.29) is 18.5 Å². The van der Waals surface area contributed by atoms with E-state index in [0.717, 1.165) is 51.4 Å². The predicted octanol–water partition coefficient (Wildman–Crippen LogP) is 14.4. The number of aliphatic hydroxyl groups is 2. The molecule has 0 aliphatic rings. The van der Waals surface area contributed by atoms with E-state index in [1.54, 1.807) is 0 Å². The van der Waals surface area contributed by atoms with Gasteiger partial charge in [0.2, 0.25) is 5.91 Å². The van der Waals surface area contributed by atoms with E-state index in [0.29, 0.717) is 25.9 Å². The number of carbonyl (C=O) groups is 2. The molecule has 3 N–H and O–H groups in total. The zero-order valence-electron chi connectivity index (χ0n) is 37.2. The summed E-state index contributed by atoms with van der Waals surface area (Å²) in [4.78, 5) is 24.4. The van der Waals surface area contributed by atoms with E-state index >= 15 is 0 Å². The molecule has 0 aromatic rings. The molecule has 2 unspecified atom stereocenters. The molecule has 6 nitrogen and oxygen atoms in total. The highest BCUT2D eigenvalue weighted by atomic mass is 16.5. The Morgan fingerprint density at radius 2 is 0.745 bits per heavy atom. The molecule has 0 bridgehead atoms. The summed E-state index contributed by atoms with van der Waals surface area (Å²) >= 11 is 0. The number of hydrogen-bond donors (Lipinski definition) is 3. The van der Waals surface area contributed by atoms with Gasteiger partial charge < -0.3 is 20.3 Å². The van der Waals surface area contributed by atoms with Crippen molar-refractivity contribution in [3.05, 3.63) is 0 Å². The van der Waals surface area contributed by atoms with Crippen molar-refractivity contribution in [3.63, 3.8) is 0 Å². The van der Waals surface area contributed by atoms with Crippen molar-refractivity contribution in [1.82, 2.24) is 5.32 Å². The average Bonchev–Trinajstić information content (AvgIpc) is 3.18. The van der Waals surface area contributed by atoms with Crippen LogP contribution in [-0.2, 0) is 14.3 Å². The Bertz CT molecular complexity index is 776. The van der Waals surface area contributed by atoms with Gasteiger partial charge in [-0.05, 0) is 25.7 Å². The van der Waals surface area contributed by atoms with Crippen molar-refractivity contribution >= 4 is 11.9 Å². The lowest BCUT2D eigenvalue weighted by Gasteiger charge is -2.22. The zero-order valence-corrected chi connectivity index (χ0v) is 37.2. The van der Waals surface area contributed by atoms with Gasteiger partial charge in [0, 0.05) is 12.8 Å². The molecule has 0 fully saturated rings. The Kier molecular flexibility index (Phi) is 44.6. The Morgan fingerprint density at radius 1 is 0.436 bits per heavy atom. The van der Waals surface area contributed by atoms with Crippen LogP contribution in [-0.4, -0.2) is 47.4 Å². The molecule has 0 rings (SSSR count). The van der Waals surface area contributed by atoms with Crippen LogP contribution in [0.5, 0.6) is 0 Å². The van der Waals surface area contributed by atoms with Crippen LogP contribution in [0.4, 0.5) is 0 Å². The van der Waals surface area contributed by atoms with E-state index < -0.39 is 12.1 Å². The molecule has 6 heteroatoms. The van der Waals surface area contributed by atoms with E-state index in [1.165, 1.54) is 193 Å². The second-order valence-corrected chi connectivity index (χ2v) is 17.2. The minimum Gasteiger partial charge on any atom is -0.466 e. The summed E-state index contributed by atoms with van der Waals surface area (Å²) in [5, 5.41) is 23.2. The van der Waals surface area contributed by atoms with E-state index in [2.05, 4.69) is 19.2 Å². The highest BCUT2D eigenvalue weighted by Crippen LogP contribution is 2.17. The number of amides is 1. The van der Waals surface area contributed by atoms with Crippen molar-refractivity contribution in [2.75, 3.05) is 13.2 Å². The van der Waals surface area contributed by atoms with Crippen LogP contribution < -0.4 is 5.32 Å². The normalized spacial score (nSPS) is 12.6. The molecule has 0 aromatic heterocycles. The molecule has 1 amide bonds. The Hall–Kier alpha value is -1.14. The highest BCUT2D eigenvalue weighted by molar-refractivity contribution is 5.76. The quantitative estimate of drug-likeness (QED) is 0.0422. The van der Waals surface area contributed by atoms with Crippen molar-refractivity contribution in [3.8, 4) is 0 Å². The number of esters is 1. The second-order valence-electron chi connectivity index (χ2n) is 17.2. The first-order valence-electron chi connectivity index (χ1n) is 24.8. The summed E-state index contributed by atoms with van der Waals surface area (Å²) in [5.41, 5.74) is 0. The number of nitrogens with one attached hydrogen (secondary N) is 1. The minimum absolute atomic E-state index is 0.00215. The molecular formula is C49H97NO5. The fraction of sp³-hybridized carbons (Fsp3) is 0.959. The second kappa shape index (κ2) is 45.6. The molecule has 55 heavy (non-hydrogen) atoms. The van der Waals surface area contributed by atoms with Crippen molar-refractivity contribution in [1.29, 1.82) is 0 Å². The van der Waals surface area contributed by atoms with Crippen LogP contribution in [0.15, 0.2) is 0 Å². The summed E-state index contributed by atoms with van der Waals surface area (Å²) in [6.45, 7) is 4.93. The standard InChI is InChI=1S/C49H97NO5/c1-3-5-7-9-11-13-15-18-22-25-29-33-37-41-47(52)46(45-51)50-48(53)42-38-34-30-26-23-19-16-17-20-24-28-32-36-40-44-55-49(54)43-39-35-31-27-21-14-12-10-8-6-4-2/h46-47,51-52H,3-45H2,1-2H3,(H,50,53). The average molecular weight is 780 g/mol. The van der Waals surface area contributed by atoms with Crippen LogP contribution in [0.25, 0.3) is 0 Å². The molecule has 0 aliphatic carbocycles. The summed E-state index contributed by atoms with van der Waals surface area (Å²) in [5.74, 6) is -0.0467. The monoisotopic (exact) mass is 780 g/mol. The summed E-state index contributed by atoms with van der Waals surface area (Å²) in [6, 6.07) is -0.546. The third-order valence-corrected chi connectivity index (χ3v) is 11.7. The van der Waals surface area contributed by atoms with Gasteiger partial charge in [0.25, 0.3) is 0 Å². The van der Waals surface area contributed by atoms with Crippen molar-refractivity contribution < 1.29 is 24.5 Å². The fourth-order valence-corrected chi connectivity index (χ4v) is 7.82. The molecular weight excluding hydrogens is 683 g/mol. The maximum atomic E-state index is 12.4. The van der Waals surface area contributed by atoms with Crippen LogP contribution in [0.2, 0.25) is 0 Å². The van der Waals surface area contributed by atoms with Gasteiger partial charge in [-0.1, -0.05) is 239 Å². The lowest BCUT2D eigenvalue weighted by atomic mass is 10.0. The molecule has 0 radical (unpaired) electrons. The maximum Gasteiger partial charge on any atom is 0.305 e. The Balaban J connectivity index is 3.44. The minimum atomic E-state index is -0.668. The largest absolute Gasteiger partial charge is 0.466 e. The third-order valence-electron chi connectivity index (χ3n) is 11.7. The molecule has 0 aromatic carbocycles. The van der Waals surface area contributed by atoms with Crippen LogP contribution in [0.3, 0.4) is 0 Å². The Labute approximate surface area is 343 Å². The fourth-order valence-electron chi connectivity index (χ4n) is 7.82. The summed E-state index contributed by atoms with van der Waals surface area (Å²) in [6.07, 6.45) is 49.2. The van der Waals surface area contributed by atoms with Gasteiger partial charge in [-0.25, -0.2) is 0 Å². The number of ether oxygens (including phenoxy) is 1.